The van der Waals surface area contributed by atoms with Crippen LogP contribution in [0.1, 0.15) is 37.2 Å². The lowest BCUT2D eigenvalue weighted by Gasteiger charge is -2.18. The summed E-state index contributed by atoms with van der Waals surface area (Å²) in [5.41, 5.74) is 1.46. The predicted octanol–water partition coefficient (Wildman–Crippen LogP) is 4.61. The number of methoxy groups -OCH3 is 1. The van der Waals surface area contributed by atoms with E-state index in [-0.39, 0.29) is 23.4 Å². The third-order valence-corrected chi connectivity index (χ3v) is 5.71. The second-order valence-corrected chi connectivity index (χ2v) is 13.4. The first-order chi connectivity index (χ1) is 14.4. The van der Waals surface area contributed by atoms with Crippen molar-refractivity contribution in [1.29, 1.82) is 0 Å². The molecule has 2 aromatic heterocycles. The van der Waals surface area contributed by atoms with Crippen molar-refractivity contribution in [3.63, 3.8) is 0 Å². The number of nitrogens with zero attached hydrogens (tertiary/aromatic N) is 3. The molecule has 6 nitrogen and oxygen atoms in total. The van der Waals surface area contributed by atoms with Gasteiger partial charge < -0.3 is 14.6 Å². The zero-order valence-corrected chi connectivity index (χ0v) is 19.1. The number of anilines is 2. The number of aromatic nitrogens is 3. The molecule has 2 heterocycles. The first-order valence-corrected chi connectivity index (χ1v) is 13.4. The Balaban J connectivity index is 2.11. The van der Waals surface area contributed by atoms with Gasteiger partial charge in [-0.15, -0.1) is 5.54 Å². The predicted molar refractivity (Wildman–Crippen MR) is 115 cm³/mol. The molecule has 10 heteroatoms. The molecule has 1 fully saturated rings. The third-order valence-electron chi connectivity index (χ3n) is 4.84. The summed E-state index contributed by atoms with van der Waals surface area (Å²) in [7, 11) is -0.493. The maximum absolute atomic E-state index is 13.5. The fraction of sp³-hybridized carbons (Fsp3) is 0.476. The van der Waals surface area contributed by atoms with Crippen LogP contribution in [0.3, 0.4) is 0 Å². The van der Waals surface area contributed by atoms with Crippen LogP contribution in [-0.2, 0) is 6.18 Å². The monoisotopic (exact) mass is 450 g/mol. The average Bonchev–Trinajstić information content (AvgIpc) is 3.52. The fourth-order valence-electron chi connectivity index (χ4n) is 3.01. The van der Waals surface area contributed by atoms with E-state index in [2.05, 4.69) is 46.4 Å². The van der Waals surface area contributed by atoms with E-state index < -0.39 is 25.5 Å². The minimum absolute atomic E-state index is 0.0976. The molecule has 0 unspecified atom stereocenters. The molecular formula is C21H25F3N4O2Si. The van der Waals surface area contributed by atoms with Gasteiger partial charge in [0, 0.05) is 18.3 Å². The van der Waals surface area contributed by atoms with Gasteiger partial charge >= 0.3 is 6.18 Å². The van der Waals surface area contributed by atoms with Crippen LogP contribution in [0.5, 0.6) is 5.88 Å². The van der Waals surface area contributed by atoms with Crippen molar-refractivity contribution in [2.45, 2.75) is 51.6 Å². The number of hydrogen-bond donors (Lipinski definition) is 1. The quantitative estimate of drug-likeness (QED) is 0.532. The topological polar surface area (TPSA) is 69.0 Å². The maximum atomic E-state index is 13.5. The van der Waals surface area contributed by atoms with E-state index in [1.54, 1.807) is 6.20 Å². The number of hydrogen-bond acceptors (Lipinski definition) is 5. The Hall–Kier alpha value is -2.80. The number of pyridine rings is 1. The number of nitrogens with one attached hydrogen (secondary N) is 1. The molecule has 1 aliphatic carbocycles. The lowest BCUT2D eigenvalue weighted by atomic mass is 10.2. The molecule has 1 N–H and O–H groups in total. The van der Waals surface area contributed by atoms with Gasteiger partial charge in [-0.25, -0.2) is 9.97 Å². The molecule has 0 aliphatic heterocycles. The molecule has 31 heavy (non-hydrogen) atoms. The second-order valence-electron chi connectivity index (χ2n) is 8.64. The molecule has 166 valence electrons. The molecule has 1 saturated carbocycles. The highest BCUT2D eigenvalue weighted by Crippen LogP contribution is 2.39. The Bertz CT molecular complexity index is 1090. The highest BCUT2D eigenvalue weighted by atomic mass is 28.3. The van der Waals surface area contributed by atoms with E-state index in [0.717, 1.165) is 12.8 Å². The minimum atomic E-state index is -4.74. The zero-order chi connectivity index (χ0) is 23.0. The summed E-state index contributed by atoms with van der Waals surface area (Å²) >= 11 is 0. The summed E-state index contributed by atoms with van der Waals surface area (Å²) in [5, 5.41) is 2.55. The van der Waals surface area contributed by atoms with Crippen molar-refractivity contribution in [1.82, 2.24) is 14.5 Å². The summed E-state index contributed by atoms with van der Waals surface area (Å²) in [5.74, 6) is 2.96. The lowest BCUT2D eigenvalue weighted by molar-refractivity contribution is -0.140. The third kappa shape index (κ3) is 5.67. The molecule has 0 saturated heterocycles. The van der Waals surface area contributed by atoms with Gasteiger partial charge in [0.15, 0.2) is 11.5 Å². The van der Waals surface area contributed by atoms with Crippen LogP contribution in [0.4, 0.5) is 24.7 Å². The highest BCUT2D eigenvalue weighted by molar-refractivity contribution is 6.83. The first-order valence-electron chi connectivity index (χ1n) is 9.94. The maximum Gasteiger partial charge on any atom is 0.435 e. The minimum Gasteiger partial charge on any atom is -0.481 e. The molecule has 1 atom stereocenters. The molecule has 0 spiro atoms. The summed E-state index contributed by atoms with van der Waals surface area (Å²) in [6.07, 6.45) is -1.13. The van der Waals surface area contributed by atoms with Crippen LogP contribution in [0.15, 0.2) is 23.1 Å². The SMILES string of the molecule is COc1ccc(Nc2nc(C#C[Si](C)(C)C)cn([C@H](C)C3CC3)c2=O)c(C(F)(F)F)n1. The van der Waals surface area contributed by atoms with Crippen molar-refractivity contribution >= 4 is 19.6 Å². The smallest absolute Gasteiger partial charge is 0.435 e. The van der Waals surface area contributed by atoms with Crippen LogP contribution in [0.2, 0.25) is 19.6 Å². The molecule has 3 rings (SSSR count). The summed E-state index contributed by atoms with van der Waals surface area (Å²) in [6, 6.07) is 2.36. The van der Waals surface area contributed by atoms with Crippen molar-refractivity contribution in [3.8, 4) is 17.3 Å². The number of alkyl halides is 3. The van der Waals surface area contributed by atoms with Gasteiger partial charge in [-0.2, -0.15) is 13.2 Å². The van der Waals surface area contributed by atoms with Gasteiger partial charge in [0.25, 0.3) is 5.56 Å². The standard InChI is InChI=1S/C21H25F3N4O2Si/c1-13(14-6-7-14)28-12-15(10-11-31(3,4)5)25-19(20(28)29)26-16-8-9-17(30-2)27-18(16)21(22,23)24/h8-9,12-14H,6-7H2,1-5H3,(H,25,26)/t13-/m1/s1. The lowest BCUT2D eigenvalue weighted by Crippen LogP contribution is -2.28. The van der Waals surface area contributed by atoms with E-state index in [0.29, 0.717) is 11.6 Å². The van der Waals surface area contributed by atoms with Crippen molar-refractivity contribution in [2.75, 3.05) is 12.4 Å². The molecule has 0 bridgehead atoms. The van der Waals surface area contributed by atoms with E-state index in [4.69, 9.17) is 4.74 Å². The van der Waals surface area contributed by atoms with Gasteiger partial charge in [0.1, 0.15) is 13.8 Å². The fourth-order valence-corrected chi connectivity index (χ4v) is 3.51. The Morgan fingerprint density at radius 3 is 2.48 bits per heavy atom. The molecule has 1 aliphatic rings. The highest BCUT2D eigenvalue weighted by Gasteiger charge is 2.37. The van der Waals surface area contributed by atoms with Gasteiger partial charge in [-0.05, 0) is 31.7 Å². The van der Waals surface area contributed by atoms with E-state index in [1.165, 1.54) is 23.8 Å². The Kier molecular flexibility index (Phi) is 6.18. The normalized spacial score (nSPS) is 15.1. The molecule has 2 aromatic rings. The molecular weight excluding hydrogens is 425 g/mol. The number of halogens is 3. The first kappa shape index (κ1) is 22.9. The van der Waals surface area contributed by atoms with Crippen LogP contribution >= 0.6 is 0 Å². The van der Waals surface area contributed by atoms with Crippen molar-refractivity contribution in [3.05, 3.63) is 40.1 Å². The van der Waals surface area contributed by atoms with E-state index in [1.807, 2.05) is 6.92 Å². The Labute approximate surface area is 179 Å². The molecule has 0 amide bonds. The van der Waals surface area contributed by atoms with E-state index >= 15 is 0 Å². The molecule has 0 radical (unpaired) electrons. The zero-order valence-electron chi connectivity index (χ0n) is 18.1. The van der Waals surface area contributed by atoms with Crippen molar-refractivity contribution < 1.29 is 17.9 Å². The van der Waals surface area contributed by atoms with Gasteiger partial charge in [-0.3, -0.25) is 4.79 Å². The van der Waals surface area contributed by atoms with E-state index in [9.17, 15) is 18.0 Å². The largest absolute Gasteiger partial charge is 0.481 e. The van der Waals surface area contributed by atoms with Gasteiger partial charge in [-0.1, -0.05) is 25.6 Å². The Morgan fingerprint density at radius 1 is 1.26 bits per heavy atom. The Morgan fingerprint density at radius 2 is 1.94 bits per heavy atom. The summed E-state index contributed by atoms with van der Waals surface area (Å²) in [4.78, 5) is 20.8. The van der Waals surface area contributed by atoms with Crippen LogP contribution in [0.25, 0.3) is 0 Å². The van der Waals surface area contributed by atoms with Crippen LogP contribution < -0.4 is 15.6 Å². The summed E-state index contributed by atoms with van der Waals surface area (Å²) in [6.45, 7) is 8.14. The molecule has 0 aromatic carbocycles. The average molecular weight is 451 g/mol. The van der Waals surface area contributed by atoms with Gasteiger partial charge in [0.2, 0.25) is 5.88 Å². The van der Waals surface area contributed by atoms with Crippen LogP contribution in [0, 0.1) is 17.4 Å². The van der Waals surface area contributed by atoms with Gasteiger partial charge in [0.05, 0.1) is 12.8 Å². The summed E-state index contributed by atoms with van der Waals surface area (Å²) < 4.78 is 47.0. The second kappa shape index (κ2) is 8.38. The number of ether oxygens (including phenoxy) is 1. The number of rotatable bonds is 5. The van der Waals surface area contributed by atoms with Crippen molar-refractivity contribution in [2.24, 2.45) is 5.92 Å². The van der Waals surface area contributed by atoms with Crippen LogP contribution in [-0.4, -0.2) is 29.7 Å².